The topological polar surface area (TPSA) is 114 Å². The van der Waals surface area contributed by atoms with Crippen LogP contribution in [0.25, 0.3) is 0 Å². The molecular formula is C15H13N2O6-. The van der Waals surface area contributed by atoms with Gasteiger partial charge in [-0.15, -0.1) is 0 Å². The molecule has 23 heavy (non-hydrogen) atoms. The van der Waals surface area contributed by atoms with Crippen molar-refractivity contribution in [2.45, 2.75) is 0 Å². The van der Waals surface area contributed by atoms with Crippen molar-refractivity contribution in [1.29, 1.82) is 0 Å². The van der Waals surface area contributed by atoms with Gasteiger partial charge in [-0.3, -0.25) is 14.9 Å². The molecule has 0 aliphatic rings. The van der Waals surface area contributed by atoms with Crippen LogP contribution in [-0.4, -0.2) is 25.1 Å². The van der Waals surface area contributed by atoms with Gasteiger partial charge < -0.3 is 19.9 Å². The Balaban J connectivity index is 2.32. The molecule has 0 fully saturated rings. The molecule has 0 bridgehead atoms. The van der Waals surface area contributed by atoms with E-state index < -0.39 is 16.6 Å². The first-order valence-electron chi connectivity index (χ1n) is 6.45. The first-order chi connectivity index (χ1) is 11.0. The van der Waals surface area contributed by atoms with Crippen molar-refractivity contribution in [3.63, 3.8) is 0 Å². The summed E-state index contributed by atoms with van der Waals surface area (Å²) < 4.78 is 10.1. The van der Waals surface area contributed by atoms with Crippen LogP contribution in [0.5, 0.6) is 17.2 Å². The van der Waals surface area contributed by atoms with Crippen LogP contribution >= 0.6 is 0 Å². The number of amides is 1. The van der Waals surface area contributed by atoms with Gasteiger partial charge in [-0.1, -0.05) is 11.8 Å². The zero-order chi connectivity index (χ0) is 17.0. The number of hydrogen-bond acceptors (Lipinski definition) is 6. The van der Waals surface area contributed by atoms with Crippen LogP contribution in [0.3, 0.4) is 0 Å². The number of rotatable bonds is 5. The Hall–Kier alpha value is -3.29. The predicted molar refractivity (Wildman–Crippen MR) is 80.0 cm³/mol. The van der Waals surface area contributed by atoms with Crippen LogP contribution in [0, 0.1) is 10.1 Å². The van der Waals surface area contributed by atoms with E-state index >= 15 is 0 Å². The molecule has 0 heterocycles. The minimum Gasteiger partial charge on any atom is -0.871 e. The first kappa shape index (κ1) is 16.1. The summed E-state index contributed by atoms with van der Waals surface area (Å²) >= 11 is 0. The Kier molecular flexibility index (Phi) is 4.65. The first-order valence-corrected chi connectivity index (χ1v) is 6.45. The minimum atomic E-state index is -0.650. The van der Waals surface area contributed by atoms with Crippen LogP contribution in [0.4, 0.5) is 11.4 Å². The largest absolute Gasteiger partial charge is 0.871 e. The molecule has 0 spiro atoms. The number of ether oxygens (including phenoxy) is 2. The molecule has 2 rings (SSSR count). The van der Waals surface area contributed by atoms with Crippen LogP contribution in [0.1, 0.15) is 10.4 Å². The van der Waals surface area contributed by atoms with Gasteiger partial charge in [-0.2, -0.15) is 0 Å². The maximum atomic E-state index is 12.3. The quantitative estimate of drug-likeness (QED) is 0.666. The second kappa shape index (κ2) is 6.65. The lowest BCUT2D eigenvalue weighted by Gasteiger charge is -2.15. The van der Waals surface area contributed by atoms with Gasteiger partial charge in [0.15, 0.2) is 0 Å². The van der Waals surface area contributed by atoms with Crippen molar-refractivity contribution in [2.24, 2.45) is 0 Å². The van der Waals surface area contributed by atoms with E-state index in [0.29, 0.717) is 5.75 Å². The van der Waals surface area contributed by atoms with Gasteiger partial charge in [0.05, 0.1) is 24.7 Å². The summed E-state index contributed by atoms with van der Waals surface area (Å²) in [6.07, 6.45) is 0. The number of nitrogens with zero attached hydrogens (tertiary/aromatic N) is 1. The summed E-state index contributed by atoms with van der Waals surface area (Å²) in [5.74, 6) is -0.406. The van der Waals surface area contributed by atoms with E-state index in [1.807, 2.05) is 0 Å². The number of benzene rings is 2. The maximum Gasteiger partial charge on any atom is 0.271 e. The molecule has 2 aromatic rings. The molecule has 8 nitrogen and oxygen atoms in total. The van der Waals surface area contributed by atoms with E-state index in [1.165, 1.54) is 26.4 Å². The third-order valence-electron chi connectivity index (χ3n) is 3.08. The summed E-state index contributed by atoms with van der Waals surface area (Å²) in [5, 5.41) is 24.8. The highest BCUT2D eigenvalue weighted by atomic mass is 16.6. The summed E-state index contributed by atoms with van der Waals surface area (Å²) in [7, 11) is 2.86. The van der Waals surface area contributed by atoms with Gasteiger partial charge in [0.25, 0.3) is 11.6 Å². The smallest absolute Gasteiger partial charge is 0.271 e. The number of nitro groups is 1. The van der Waals surface area contributed by atoms with Crippen molar-refractivity contribution in [3.8, 4) is 17.2 Å². The Morgan fingerprint density at radius 1 is 1.13 bits per heavy atom. The van der Waals surface area contributed by atoms with Crippen molar-refractivity contribution < 1.29 is 24.3 Å². The second-order valence-corrected chi connectivity index (χ2v) is 4.46. The number of carbonyl (C=O) groups is 1. The zero-order valence-electron chi connectivity index (χ0n) is 12.4. The van der Waals surface area contributed by atoms with Crippen LogP contribution in [0.2, 0.25) is 0 Å². The average molecular weight is 317 g/mol. The number of hydrogen-bond donors (Lipinski definition) is 1. The molecular weight excluding hydrogens is 304 g/mol. The molecule has 2 aromatic carbocycles. The van der Waals surface area contributed by atoms with E-state index in [9.17, 15) is 20.0 Å². The van der Waals surface area contributed by atoms with Gasteiger partial charge in [0.2, 0.25) is 0 Å². The molecule has 8 heteroatoms. The van der Waals surface area contributed by atoms with Crippen molar-refractivity contribution in [2.75, 3.05) is 19.5 Å². The lowest BCUT2D eigenvalue weighted by Crippen LogP contribution is -2.14. The standard InChI is InChI=1S/C15H14N2O6/c1-22-10-4-5-11(14(8-10)23-2)15(19)16-12-7-9(17(20)21)3-6-13(12)18/h3-8,18H,1-2H3,(H,16,19)/p-1. The van der Waals surface area contributed by atoms with Gasteiger partial charge in [-0.25, -0.2) is 0 Å². The molecule has 0 aliphatic carbocycles. The van der Waals surface area contributed by atoms with Gasteiger partial charge >= 0.3 is 0 Å². The average Bonchev–Trinajstić information content (AvgIpc) is 2.55. The Bertz CT molecular complexity index is 760. The number of methoxy groups -OCH3 is 2. The fourth-order valence-electron chi connectivity index (χ4n) is 1.90. The van der Waals surface area contributed by atoms with Gasteiger partial charge in [-0.05, 0) is 12.1 Å². The number of non-ortho nitro benzene ring substituents is 1. The number of nitro benzene ring substituents is 1. The molecule has 0 saturated heterocycles. The zero-order valence-corrected chi connectivity index (χ0v) is 12.4. The highest BCUT2D eigenvalue weighted by molar-refractivity contribution is 6.07. The van der Waals surface area contributed by atoms with E-state index in [1.54, 1.807) is 6.07 Å². The fraction of sp³-hybridized carbons (Fsp3) is 0.133. The van der Waals surface area contributed by atoms with Crippen LogP contribution in [0.15, 0.2) is 36.4 Å². The molecule has 0 aliphatic heterocycles. The maximum absolute atomic E-state index is 12.3. The molecule has 120 valence electrons. The van der Waals surface area contributed by atoms with E-state index in [4.69, 9.17) is 9.47 Å². The minimum absolute atomic E-state index is 0.166. The molecule has 0 unspecified atom stereocenters. The van der Waals surface area contributed by atoms with Crippen molar-refractivity contribution in [1.82, 2.24) is 0 Å². The third-order valence-corrected chi connectivity index (χ3v) is 3.08. The SMILES string of the molecule is COc1ccc(C(=O)Nc2cc([N+](=O)[O-])ccc2[O-])c(OC)c1. The molecule has 0 radical (unpaired) electrons. The summed E-state index contributed by atoms with van der Waals surface area (Å²) in [6.45, 7) is 0. The highest BCUT2D eigenvalue weighted by Gasteiger charge is 2.15. The Morgan fingerprint density at radius 3 is 2.48 bits per heavy atom. The number of carbonyl (C=O) groups excluding carboxylic acids is 1. The summed E-state index contributed by atoms with van der Waals surface area (Å²) in [4.78, 5) is 22.4. The summed E-state index contributed by atoms with van der Waals surface area (Å²) in [5.41, 5.74) is -0.303. The monoisotopic (exact) mass is 317 g/mol. The van der Waals surface area contributed by atoms with E-state index in [-0.39, 0.29) is 22.7 Å². The molecule has 0 aromatic heterocycles. The van der Waals surface area contributed by atoms with E-state index in [0.717, 1.165) is 18.2 Å². The number of anilines is 1. The molecule has 1 N–H and O–H groups in total. The lowest BCUT2D eigenvalue weighted by atomic mass is 10.1. The van der Waals surface area contributed by atoms with E-state index in [2.05, 4.69) is 5.32 Å². The van der Waals surface area contributed by atoms with Crippen LogP contribution in [-0.2, 0) is 0 Å². The van der Waals surface area contributed by atoms with Gasteiger partial charge in [0, 0.05) is 23.9 Å². The Labute approximate surface area is 131 Å². The molecule has 1 amide bonds. The van der Waals surface area contributed by atoms with Crippen LogP contribution < -0.4 is 19.9 Å². The lowest BCUT2D eigenvalue weighted by molar-refractivity contribution is -0.385. The van der Waals surface area contributed by atoms with Crippen molar-refractivity contribution >= 4 is 17.3 Å². The van der Waals surface area contributed by atoms with Gasteiger partial charge in [0.1, 0.15) is 11.5 Å². The molecule has 0 atom stereocenters. The molecule has 0 saturated carbocycles. The predicted octanol–water partition coefficient (Wildman–Crippen LogP) is 1.94. The number of nitrogens with one attached hydrogen (secondary N) is 1. The second-order valence-electron chi connectivity index (χ2n) is 4.46. The Morgan fingerprint density at radius 2 is 1.87 bits per heavy atom. The third kappa shape index (κ3) is 3.49. The fourth-order valence-corrected chi connectivity index (χ4v) is 1.90. The summed E-state index contributed by atoms with van der Waals surface area (Å²) in [6, 6.07) is 7.65. The highest BCUT2D eigenvalue weighted by Crippen LogP contribution is 2.29. The van der Waals surface area contributed by atoms with Crippen molar-refractivity contribution in [3.05, 3.63) is 52.1 Å². The normalized spacial score (nSPS) is 10.0.